The van der Waals surface area contributed by atoms with Crippen LogP contribution in [0.2, 0.25) is 0 Å². The second-order valence-corrected chi connectivity index (χ2v) is 15.7. The molecule has 0 spiro atoms. The van der Waals surface area contributed by atoms with E-state index in [1.165, 1.54) is 17.0 Å². The number of nitrogens with zero attached hydrogens (tertiary/aromatic N) is 6. The summed E-state index contributed by atoms with van der Waals surface area (Å²) < 4.78 is 28.3. The van der Waals surface area contributed by atoms with E-state index in [1.54, 1.807) is 4.52 Å². The molecule has 0 radical (unpaired) electrons. The number of rotatable bonds is 17. The van der Waals surface area contributed by atoms with Crippen molar-refractivity contribution in [1.82, 2.24) is 34.7 Å². The van der Waals surface area contributed by atoms with Gasteiger partial charge in [0.2, 0.25) is 23.7 Å². The number of likely N-dealkylation sites (tertiary alicyclic amines) is 1. The van der Waals surface area contributed by atoms with Crippen molar-refractivity contribution >= 4 is 40.9 Å². The maximum Gasteiger partial charge on any atom is 0.322 e. The van der Waals surface area contributed by atoms with Crippen molar-refractivity contribution in [2.24, 2.45) is 0 Å². The lowest BCUT2D eigenvalue weighted by Gasteiger charge is -2.29. The van der Waals surface area contributed by atoms with Crippen molar-refractivity contribution in [2.75, 3.05) is 44.0 Å². The molecule has 0 aliphatic carbocycles. The van der Waals surface area contributed by atoms with E-state index >= 15 is 0 Å². The molecule has 3 N–H and O–H groups in total. The van der Waals surface area contributed by atoms with Crippen molar-refractivity contribution in [1.29, 1.82) is 0 Å². The van der Waals surface area contributed by atoms with Crippen LogP contribution in [0.5, 0.6) is 6.01 Å². The van der Waals surface area contributed by atoms with Gasteiger partial charge in [0, 0.05) is 69.0 Å². The first-order valence-electron chi connectivity index (χ1n) is 20.3. The van der Waals surface area contributed by atoms with Gasteiger partial charge in [-0.3, -0.25) is 24.5 Å². The fourth-order valence-electron chi connectivity index (χ4n) is 7.69. The molecule has 0 bridgehead atoms. The largest absolute Gasteiger partial charge is 0.460 e. The molecule has 4 aromatic rings. The van der Waals surface area contributed by atoms with Gasteiger partial charge < -0.3 is 29.9 Å². The Bertz CT molecular complexity index is 2130. The molecule has 1 unspecified atom stereocenters. The van der Waals surface area contributed by atoms with E-state index in [0.29, 0.717) is 75.1 Å². The van der Waals surface area contributed by atoms with Gasteiger partial charge in [-0.2, -0.15) is 19.6 Å². The van der Waals surface area contributed by atoms with Gasteiger partial charge in [0.15, 0.2) is 5.65 Å². The predicted octanol–water partition coefficient (Wildman–Crippen LogP) is 4.99. The quantitative estimate of drug-likeness (QED) is 0.0971. The Labute approximate surface area is 337 Å². The van der Waals surface area contributed by atoms with Gasteiger partial charge in [-0.25, -0.2) is 4.39 Å². The Morgan fingerprint density at radius 1 is 1.02 bits per heavy atom. The number of amides is 4. The van der Waals surface area contributed by atoms with E-state index < -0.39 is 23.7 Å². The van der Waals surface area contributed by atoms with Gasteiger partial charge in [0.25, 0.3) is 5.91 Å². The van der Waals surface area contributed by atoms with Crippen LogP contribution in [0.4, 0.5) is 16.0 Å². The fraction of sp³-hybridized carbons (Fsp3) is 0.500. The number of nitrogens with one attached hydrogen (secondary N) is 3. The van der Waals surface area contributed by atoms with Crippen LogP contribution in [0.1, 0.15) is 104 Å². The Hall–Kier alpha value is -5.48. The Morgan fingerprint density at radius 2 is 1.79 bits per heavy atom. The topological polar surface area (TPSA) is 172 Å². The third-order valence-electron chi connectivity index (χ3n) is 11.0. The standard InChI is InChI=1S/C42H52FN9O6/c1-26(2)33-24-45-52-38(33)48-42(58-31-15-17-50(3)18-16-31)49-41(52)44-23-27-9-11-30(12-10-27)46-36(53)8-4-5-19-57-20-6-7-28-21-29(43)22-32-34(28)25-51(40(32)56)35-13-14-37(54)47-39(35)55/h9-12,21-22,24,26,31,35H,4-8,13-20,23,25H2,1-3H3,(H,46,53)(H,44,48,49)(H,47,54,55). The van der Waals surface area contributed by atoms with E-state index in [-0.39, 0.29) is 48.8 Å². The highest BCUT2D eigenvalue weighted by Crippen LogP contribution is 2.31. The van der Waals surface area contributed by atoms with E-state index in [0.717, 1.165) is 48.3 Å². The summed E-state index contributed by atoms with van der Waals surface area (Å²) in [7, 11) is 2.12. The first-order valence-corrected chi connectivity index (χ1v) is 20.3. The number of unbranched alkanes of at least 4 members (excludes halogenated alkanes) is 1. The van der Waals surface area contributed by atoms with Gasteiger partial charge in [0.05, 0.1) is 6.20 Å². The number of halogens is 1. The van der Waals surface area contributed by atoms with Crippen LogP contribution >= 0.6 is 0 Å². The second-order valence-electron chi connectivity index (χ2n) is 15.7. The Kier molecular flexibility index (Phi) is 12.9. The minimum Gasteiger partial charge on any atom is -0.460 e. The molecule has 16 heteroatoms. The number of carbonyl (C=O) groups excluding carboxylic acids is 4. The number of anilines is 2. The number of carbonyl (C=O) groups is 4. The van der Waals surface area contributed by atoms with Crippen LogP contribution in [0.3, 0.4) is 0 Å². The number of hydrogen-bond donors (Lipinski definition) is 3. The van der Waals surface area contributed by atoms with Gasteiger partial charge in [0.1, 0.15) is 18.0 Å². The number of aryl methyl sites for hydroxylation is 1. The van der Waals surface area contributed by atoms with Gasteiger partial charge in [-0.15, -0.1) is 0 Å². The summed E-state index contributed by atoms with van der Waals surface area (Å²) in [5.74, 6) is -1.04. The summed E-state index contributed by atoms with van der Waals surface area (Å²) in [5.41, 5.74) is 5.16. The number of fused-ring (bicyclic) bond motifs is 2. The molecule has 308 valence electrons. The lowest BCUT2D eigenvalue weighted by Crippen LogP contribution is -2.52. The fourth-order valence-corrected chi connectivity index (χ4v) is 7.69. The van der Waals surface area contributed by atoms with Crippen LogP contribution in [-0.2, 0) is 38.6 Å². The van der Waals surface area contributed by atoms with Crippen LogP contribution in [0.25, 0.3) is 5.65 Å². The highest BCUT2D eigenvalue weighted by molar-refractivity contribution is 6.05. The molecule has 7 rings (SSSR count). The lowest BCUT2D eigenvalue weighted by atomic mass is 9.99. The van der Waals surface area contributed by atoms with Crippen molar-refractivity contribution in [2.45, 2.75) is 103 Å². The molecule has 4 amide bonds. The normalized spacial score (nSPS) is 17.6. The first-order chi connectivity index (χ1) is 28.0. The monoisotopic (exact) mass is 797 g/mol. The molecular weight excluding hydrogens is 746 g/mol. The summed E-state index contributed by atoms with van der Waals surface area (Å²) in [6, 6.07) is 9.93. The zero-order valence-electron chi connectivity index (χ0n) is 33.4. The number of piperidine rings is 2. The maximum atomic E-state index is 14.5. The van der Waals surface area contributed by atoms with E-state index in [2.05, 4.69) is 46.8 Å². The van der Waals surface area contributed by atoms with Crippen molar-refractivity contribution < 1.29 is 33.0 Å². The van der Waals surface area contributed by atoms with E-state index in [4.69, 9.17) is 19.4 Å². The minimum atomic E-state index is -0.749. The van der Waals surface area contributed by atoms with E-state index in [9.17, 15) is 23.6 Å². The molecular formula is C42H52FN9O6. The van der Waals surface area contributed by atoms with Gasteiger partial charge >= 0.3 is 6.01 Å². The number of benzene rings is 2. The van der Waals surface area contributed by atoms with Gasteiger partial charge in [-0.05, 0) is 98.9 Å². The third kappa shape index (κ3) is 9.79. The van der Waals surface area contributed by atoms with Crippen LogP contribution in [0.15, 0.2) is 42.6 Å². The highest BCUT2D eigenvalue weighted by Gasteiger charge is 2.40. The summed E-state index contributed by atoms with van der Waals surface area (Å²) in [6.45, 7) is 7.79. The molecule has 2 aromatic carbocycles. The minimum absolute atomic E-state index is 0.0693. The summed E-state index contributed by atoms with van der Waals surface area (Å²) in [4.78, 5) is 62.9. The molecule has 3 aliphatic rings. The maximum absolute atomic E-state index is 14.5. The molecule has 5 heterocycles. The molecule has 2 fully saturated rings. The number of imide groups is 1. The van der Waals surface area contributed by atoms with Crippen LogP contribution in [-0.4, -0.2) is 98.5 Å². The average molecular weight is 798 g/mol. The van der Waals surface area contributed by atoms with Crippen LogP contribution < -0.4 is 20.7 Å². The predicted molar refractivity (Wildman–Crippen MR) is 214 cm³/mol. The smallest absolute Gasteiger partial charge is 0.322 e. The van der Waals surface area contributed by atoms with E-state index in [1.807, 2.05) is 30.5 Å². The number of aromatic nitrogens is 4. The third-order valence-corrected chi connectivity index (χ3v) is 11.0. The SMILES string of the molecule is CC(C)c1cnn2c(NCc3ccc(NC(=O)CCCCOCCCc4cc(F)cc5c4CN(C4CCC(=O)NC4=O)C5=O)cc3)nc(OC3CCN(C)CC3)nc12. The highest BCUT2D eigenvalue weighted by atomic mass is 19.1. The van der Waals surface area contributed by atoms with Crippen molar-refractivity contribution in [3.05, 3.63) is 76.2 Å². The molecule has 15 nitrogen and oxygen atoms in total. The lowest BCUT2D eigenvalue weighted by molar-refractivity contribution is -0.137. The molecule has 3 aliphatic heterocycles. The average Bonchev–Trinajstić information content (AvgIpc) is 3.77. The number of hydrogen-bond acceptors (Lipinski definition) is 11. The zero-order chi connectivity index (χ0) is 40.8. The van der Waals surface area contributed by atoms with Crippen molar-refractivity contribution in [3.8, 4) is 6.01 Å². The summed E-state index contributed by atoms with van der Waals surface area (Å²) >= 11 is 0. The Morgan fingerprint density at radius 3 is 2.55 bits per heavy atom. The molecule has 2 aromatic heterocycles. The van der Waals surface area contributed by atoms with Gasteiger partial charge in [-0.1, -0.05) is 26.0 Å². The molecule has 1 atom stereocenters. The first kappa shape index (κ1) is 40.7. The molecule has 58 heavy (non-hydrogen) atoms. The zero-order valence-corrected chi connectivity index (χ0v) is 33.4. The molecule has 2 saturated heterocycles. The summed E-state index contributed by atoms with van der Waals surface area (Å²) in [5, 5.41) is 13.2. The second kappa shape index (κ2) is 18.4. The van der Waals surface area contributed by atoms with Crippen molar-refractivity contribution in [3.63, 3.8) is 0 Å². The number of ether oxygens (including phenoxy) is 2. The van der Waals surface area contributed by atoms with Crippen LogP contribution in [0, 0.1) is 5.82 Å². The Balaban J connectivity index is 0.816. The summed E-state index contributed by atoms with van der Waals surface area (Å²) in [6.07, 6.45) is 7.01. The molecule has 0 saturated carbocycles.